The molecule has 0 radical (unpaired) electrons. The number of anilines is 3. The molecule has 0 aliphatic heterocycles. The fraction of sp³-hybridized carbons (Fsp3) is 0.238. The van der Waals surface area contributed by atoms with Crippen molar-refractivity contribution >= 4 is 23.6 Å². The summed E-state index contributed by atoms with van der Waals surface area (Å²) in [7, 11) is 4.52. The number of esters is 1. The standard InChI is InChI=1S/C21H23N5O5/c1-28-15-9-13(10-16(29-2)19(15)30-3)11-18(27)31-12-17-24-20(22)26-21(25-17)23-14-7-5-4-6-8-14/h4-10H,11-12H2,1-3H3,(H3,22,23,24,25,26). The molecule has 0 saturated heterocycles. The van der Waals surface area contributed by atoms with E-state index in [9.17, 15) is 4.79 Å². The summed E-state index contributed by atoms with van der Waals surface area (Å²) in [6.07, 6.45) is -0.00754. The lowest BCUT2D eigenvalue weighted by Gasteiger charge is -2.14. The highest BCUT2D eigenvalue weighted by molar-refractivity contribution is 5.73. The maximum absolute atomic E-state index is 12.3. The average Bonchev–Trinajstić information content (AvgIpc) is 2.77. The van der Waals surface area contributed by atoms with Gasteiger partial charge in [-0.25, -0.2) is 0 Å². The maximum atomic E-state index is 12.3. The molecule has 1 aromatic heterocycles. The van der Waals surface area contributed by atoms with Crippen molar-refractivity contribution < 1.29 is 23.7 Å². The van der Waals surface area contributed by atoms with Gasteiger partial charge in [0.1, 0.15) is 0 Å². The second kappa shape index (κ2) is 10.1. The van der Waals surface area contributed by atoms with Crippen LogP contribution in [0.25, 0.3) is 0 Å². The van der Waals surface area contributed by atoms with Gasteiger partial charge in [0.2, 0.25) is 17.6 Å². The number of rotatable bonds is 9. The SMILES string of the molecule is COc1cc(CC(=O)OCc2nc(N)nc(Nc3ccccc3)n2)cc(OC)c1OC. The zero-order chi connectivity index (χ0) is 22.2. The number of methoxy groups -OCH3 is 3. The Morgan fingerprint density at radius 2 is 1.65 bits per heavy atom. The molecule has 10 heteroatoms. The minimum absolute atomic E-state index is 0.00754. The number of nitrogens with one attached hydrogen (secondary N) is 1. The molecule has 1 heterocycles. The first-order valence-electron chi connectivity index (χ1n) is 9.29. The van der Waals surface area contributed by atoms with E-state index in [0.29, 0.717) is 22.8 Å². The summed E-state index contributed by atoms with van der Waals surface area (Å²) < 4.78 is 21.2. The van der Waals surface area contributed by atoms with Crippen LogP contribution in [0, 0.1) is 0 Å². The number of ether oxygens (including phenoxy) is 4. The zero-order valence-corrected chi connectivity index (χ0v) is 17.4. The van der Waals surface area contributed by atoms with Gasteiger partial charge in [-0.3, -0.25) is 4.79 Å². The first-order valence-corrected chi connectivity index (χ1v) is 9.29. The molecule has 3 aromatic rings. The third-order valence-corrected chi connectivity index (χ3v) is 4.16. The molecule has 0 unspecified atom stereocenters. The smallest absolute Gasteiger partial charge is 0.310 e. The molecular formula is C21H23N5O5. The molecule has 2 aromatic carbocycles. The van der Waals surface area contributed by atoms with E-state index in [4.69, 9.17) is 24.7 Å². The van der Waals surface area contributed by atoms with Crippen molar-refractivity contribution in [2.45, 2.75) is 13.0 Å². The topological polar surface area (TPSA) is 131 Å². The van der Waals surface area contributed by atoms with Crippen LogP contribution in [0.3, 0.4) is 0 Å². The average molecular weight is 425 g/mol. The molecule has 0 amide bonds. The number of nitrogens with zero attached hydrogens (tertiary/aromatic N) is 3. The third kappa shape index (κ3) is 5.72. The van der Waals surface area contributed by atoms with Crippen LogP contribution in [0.2, 0.25) is 0 Å². The Hall–Kier alpha value is -4.08. The van der Waals surface area contributed by atoms with Crippen molar-refractivity contribution in [3.8, 4) is 17.2 Å². The van der Waals surface area contributed by atoms with Crippen molar-refractivity contribution in [2.75, 3.05) is 32.4 Å². The molecule has 0 spiro atoms. The predicted octanol–water partition coefficient (Wildman–Crippen LogP) is 2.51. The van der Waals surface area contributed by atoms with Crippen LogP contribution >= 0.6 is 0 Å². The molecule has 3 N–H and O–H groups in total. The minimum Gasteiger partial charge on any atom is -0.493 e. The monoisotopic (exact) mass is 425 g/mol. The number of nitrogens with two attached hydrogens (primary N) is 1. The predicted molar refractivity (Wildman–Crippen MR) is 114 cm³/mol. The molecule has 162 valence electrons. The number of benzene rings is 2. The number of carbonyl (C=O) groups is 1. The summed E-state index contributed by atoms with van der Waals surface area (Å²) in [5.74, 6) is 1.37. The van der Waals surface area contributed by atoms with E-state index in [1.165, 1.54) is 21.3 Å². The Balaban J connectivity index is 1.66. The second-order valence-electron chi connectivity index (χ2n) is 6.30. The molecule has 10 nitrogen and oxygen atoms in total. The number of nitrogen functional groups attached to an aromatic ring is 1. The first kappa shape index (κ1) is 21.6. The van der Waals surface area contributed by atoms with Crippen LogP contribution in [0.1, 0.15) is 11.4 Å². The lowest BCUT2D eigenvalue weighted by molar-refractivity contribution is -0.144. The van der Waals surface area contributed by atoms with Gasteiger partial charge < -0.3 is 30.0 Å². The molecule has 0 fully saturated rings. The van der Waals surface area contributed by atoms with Crippen molar-refractivity contribution in [3.63, 3.8) is 0 Å². The molecular weight excluding hydrogens is 402 g/mol. The lowest BCUT2D eigenvalue weighted by Crippen LogP contribution is -2.12. The summed E-state index contributed by atoms with van der Waals surface area (Å²) in [5.41, 5.74) is 7.18. The van der Waals surface area contributed by atoms with Gasteiger partial charge in [-0.15, -0.1) is 0 Å². The summed E-state index contributed by atoms with van der Waals surface area (Å²) >= 11 is 0. The van der Waals surface area contributed by atoms with Gasteiger partial charge in [0, 0.05) is 5.69 Å². The van der Waals surface area contributed by atoms with Gasteiger partial charge in [-0.05, 0) is 29.8 Å². The van der Waals surface area contributed by atoms with Gasteiger partial charge >= 0.3 is 5.97 Å². The van der Waals surface area contributed by atoms with Crippen LogP contribution in [0.4, 0.5) is 17.6 Å². The quantitative estimate of drug-likeness (QED) is 0.493. The number of hydrogen-bond donors (Lipinski definition) is 2. The minimum atomic E-state index is -0.481. The van der Waals surface area contributed by atoms with Crippen LogP contribution in [-0.4, -0.2) is 42.3 Å². The Labute approximate surface area is 179 Å². The summed E-state index contributed by atoms with van der Waals surface area (Å²) in [4.78, 5) is 24.6. The van der Waals surface area contributed by atoms with Crippen molar-refractivity contribution in [2.24, 2.45) is 0 Å². The Bertz CT molecular complexity index is 1020. The van der Waals surface area contributed by atoms with E-state index in [1.54, 1.807) is 12.1 Å². The highest BCUT2D eigenvalue weighted by atomic mass is 16.5. The van der Waals surface area contributed by atoms with E-state index < -0.39 is 5.97 Å². The molecule has 0 bridgehead atoms. The van der Waals surface area contributed by atoms with Crippen molar-refractivity contribution in [1.82, 2.24) is 15.0 Å². The Kier molecular flexibility index (Phi) is 7.05. The van der Waals surface area contributed by atoms with E-state index in [-0.39, 0.29) is 30.7 Å². The Morgan fingerprint density at radius 3 is 2.26 bits per heavy atom. The molecule has 0 atom stereocenters. The second-order valence-corrected chi connectivity index (χ2v) is 6.30. The van der Waals surface area contributed by atoms with Gasteiger partial charge in [-0.1, -0.05) is 18.2 Å². The van der Waals surface area contributed by atoms with Gasteiger partial charge in [0.05, 0.1) is 27.8 Å². The molecule has 0 aliphatic carbocycles. The fourth-order valence-corrected chi connectivity index (χ4v) is 2.81. The van der Waals surface area contributed by atoms with E-state index in [1.807, 2.05) is 30.3 Å². The third-order valence-electron chi connectivity index (χ3n) is 4.16. The summed E-state index contributed by atoms with van der Waals surface area (Å²) in [6, 6.07) is 12.7. The van der Waals surface area contributed by atoms with Crippen LogP contribution in [-0.2, 0) is 22.6 Å². The van der Waals surface area contributed by atoms with Crippen LogP contribution < -0.4 is 25.3 Å². The van der Waals surface area contributed by atoms with Crippen LogP contribution in [0.5, 0.6) is 17.2 Å². The van der Waals surface area contributed by atoms with Crippen molar-refractivity contribution in [3.05, 3.63) is 53.9 Å². The normalized spacial score (nSPS) is 10.3. The highest BCUT2D eigenvalue weighted by Gasteiger charge is 2.16. The number of aromatic nitrogens is 3. The van der Waals surface area contributed by atoms with Crippen LogP contribution in [0.15, 0.2) is 42.5 Å². The lowest BCUT2D eigenvalue weighted by atomic mass is 10.1. The zero-order valence-electron chi connectivity index (χ0n) is 17.4. The fourth-order valence-electron chi connectivity index (χ4n) is 2.81. The first-order chi connectivity index (χ1) is 15.0. The summed E-state index contributed by atoms with van der Waals surface area (Å²) in [6.45, 7) is -0.153. The van der Waals surface area contributed by atoms with Crippen molar-refractivity contribution in [1.29, 1.82) is 0 Å². The summed E-state index contributed by atoms with van der Waals surface area (Å²) in [5, 5.41) is 3.03. The Morgan fingerprint density at radius 1 is 0.968 bits per heavy atom. The molecule has 0 saturated carbocycles. The van der Waals surface area contributed by atoms with E-state index in [2.05, 4.69) is 20.3 Å². The number of para-hydroxylation sites is 1. The maximum Gasteiger partial charge on any atom is 0.310 e. The number of carbonyl (C=O) groups excluding carboxylic acids is 1. The molecule has 0 aliphatic rings. The largest absolute Gasteiger partial charge is 0.493 e. The van der Waals surface area contributed by atoms with Gasteiger partial charge in [0.25, 0.3) is 0 Å². The molecule has 31 heavy (non-hydrogen) atoms. The molecule has 3 rings (SSSR count). The van der Waals surface area contributed by atoms with Gasteiger partial charge in [-0.2, -0.15) is 15.0 Å². The van der Waals surface area contributed by atoms with E-state index in [0.717, 1.165) is 5.69 Å². The van der Waals surface area contributed by atoms with E-state index >= 15 is 0 Å². The van der Waals surface area contributed by atoms with Gasteiger partial charge in [0.15, 0.2) is 23.9 Å². The number of hydrogen-bond acceptors (Lipinski definition) is 10. The highest BCUT2D eigenvalue weighted by Crippen LogP contribution is 2.38.